The quantitative estimate of drug-likeness (QED) is 0.644. The summed E-state index contributed by atoms with van der Waals surface area (Å²) in [5, 5.41) is 0. The van der Waals surface area contributed by atoms with Gasteiger partial charge in [0.2, 0.25) is 0 Å². The van der Waals surface area contributed by atoms with Gasteiger partial charge in [0.05, 0.1) is 0 Å². The third kappa shape index (κ3) is 1.59. The van der Waals surface area contributed by atoms with E-state index in [4.69, 9.17) is 11.5 Å². The smallest absolute Gasteiger partial charge is 0.0174 e. The molecule has 0 spiro atoms. The molecule has 1 aliphatic rings. The van der Waals surface area contributed by atoms with Gasteiger partial charge in [-0.05, 0) is 11.5 Å². The number of allylic oxidation sites excluding steroid dienone is 1. The summed E-state index contributed by atoms with van der Waals surface area (Å²) in [6, 6.07) is 0. The van der Waals surface area contributed by atoms with E-state index < -0.39 is 0 Å². The monoisotopic (exact) mass is 166 g/mol. The van der Waals surface area contributed by atoms with Crippen LogP contribution in [0.5, 0.6) is 0 Å². The lowest BCUT2D eigenvalue weighted by molar-refractivity contribution is 0.334. The second kappa shape index (κ2) is 3.42. The zero-order chi connectivity index (χ0) is 9.19. The fourth-order valence-electron chi connectivity index (χ4n) is 1.41. The van der Waals surface area contributed by atoms with Gasteiger partial charge in [0.15, 0.2) is 0 Å². The van der Waals surface area contributed by atoms with E-state index >= 15 is 0 Å². The lowest BCUT2D eigenvalue weighted by atomic mass is 9.74. The lowest BCUT2D eigenvalue weighted by Gasteiger charge is -2.32. The molecule has 0 amide bonds. The molecule has 68 valence electrons. The van der Waals surface area contributed by atoms with Gasteiger partial charge in [-0.3, -0.25) is 0 Å². The van der Waals surface area contributed by atoms with Crippen LogP contribution in [0.3, 0.4) is 0 Å². The van der Waals surface area contributed by atoms with Gasteiger partial charge in [0.25, 0.3) is 0 Å². The predicted octanol–water partition coefficient (Wildman–Crippen LogP) is 1.04. The summed E-state index contributed by atoms with van der Waals surface area (Å²) in [4.78, 5) is 0. The Morgan fingerprint density at radius 2 is 2.17 bits per heavy atom. The van der Waals surface area contributed by atoms with Gasteiger partial charge in [-0.25, -0.2) is 0 Å². The van der Waals surface area contributed by atoms with Gasteiger partial charge in [-0.15, -0.1) is 0 Å². The zero-order valence-electron chi connectivity index (χ0n) is 7.88. The number of hydrogen-bond acceptors (Lipinski definition) is 2. The molecule has 1 rings (SSSR count). The summed E-state index contributed by atoms with van der Waals surface area (Å²) in [6.45, 7) is 5.69. The molecule has 2 nitrogen and oxygen atoms in total. The van der Waals surface area contributed by atoms with Crippen LogP contribution in [0.25, 0.3) is 0 Å². The van der Waals surface area contributed by atoms with E-state index in [0.29, 0.717) is 19.0 Å². The minimum atomic E-state index is 0.124. The van der Waals surface area contributed by atoms with Crippen LogP contribution in [0.15, 0.2) is 23.8 Å². The van der Waals surface area contributed by atoms with Crippen molar-refractivity contribution < 1.29 is 0 Å². The van der Waals surface area contributed by atoms with Gasteiger partial charge in [0.1, 0.15) is 0 Å². The van der Waals surface area contributed by atoms with E-state index in [1.165, 1.54) is 5.57 Å². The first kappa shape index (κ1) is 9.49. The topological polar surface area (TPSA) is 52.0 Å². The van der Waals surface area contributed by atoms with Gasteiger partial charge >= 0.3 is 0 Å². The molecule has 12 heavy (non-hydrogen) atoms. The number of nitrogens with two attached hydrogens (primary N) is 2. The highest BCUT2D eigenvalue weighted by molar-refractivity contribution is 5.29. The van der Waals surface area contributed by atoms with Crippen molar-refractivity contribution >= 4 is 0 Å². The van der Waals surface area contributed by atoms with E-state index in [-0.39, 0.29) is 5.41 Å². The van der Waals surface area contributed by atoms with Crippen LogP contribution in [-0.2, 0) is 0 Å². The summed E-state index contributed by atoms with van der Waals surface area (Å²) in [5.74, 6) is 0.492. The van der Waals surface area contributed by atoms with Crippen LogP contribution in [0.2, 0.25) is 0 Å². The molecule has 1 aliphatic carbocycles. The Hall–Kier alpha value is -0.600. The highest BCUT2D eigenvalue weighted by atomic mass is 14.6. The van der Waals surface area contributed by atoms with Crippen LogP contribution in [-0.4, -0.2) is 13.1 Å². The van der Waals surface area contributed by atoms with Crippen LogP contribution >= 0.6 is 0 Å². The maximum Gasteiger partial charge on any atom is 0.0174 e. The third-order valence-corrected chi connectivity index (χ3v) is 2.86. The van der Waals surface area contributed by atoms with Gasteiger partial charge in [-0.2, -0.15) is 0 Å². The largest absolute Gasteiger partial charge is 0.330 e. The van der Waals surface area contributed by atoms with E-state index in [1.807, 2.05) is 0 Å². The van der Waals surface area contributed by atoms with E-state index in [1.54, 1.807) is 0 Å². The molecule has 0 aromatic rings. The Balaban J connectivity index is 2.81. The second-order valence-electron chi connectivity index (χ2n) is 3.78. The number of rotatable bonds is 2. The lowest BCUT2D eigenvalue weighted by Crippen LogP contribution is -2.33. The summed E-state index contributed by atoms with van der Waals surface area (Å²) in [5.41, 5.74) is 12.6. The fourth-order valence-corrected chi connectivity index (χ4v) is 1.41. The van der Waals surface area contributed by atoms with Gasteiger partial charge < -0.3 is 11.5 Å². The Morgan fingerprint density at radius 3 is 2.58 bits per heavy atom. The normalized spacial score (nSPS) is 35.0. The molecule has 0 saturated heterocycles. The highest BCUT2D eigenvalue weighted by Crippen LogP contribution is 2.33. The Morgan fingerprint density at radius 1 is 1.50 bits per heavy atom. The van der Waals surface area contributed by atoms with Gasteiger partial charge in [0, 0.05) is 18.5 Å². The summed E-state index contributed by atoms with van der Waals surface area (Å²) < 4.78 is 0. The summed E-state index contributed by atoms with van der Waals surface area (Å²) in [7, 11) is 0. The third-order valence-electron chi connectivity index (χ3n) is 2.86. The fraction of sp³-hybridized carbons (Fsp3) is 0.600. The molecular weight excluding hydrogens is 148 g/mol. The maximum absolute atomic E-state index is 5.70. The molecule has 0 fully saturated rings. The Bertz CT molecular complexity index is 218. The first-order valence-corrected chi connectivity index (χ1v) is 4.42. The Kier molecular flexibility index (Phi) is 2.70. The van der Waals surface area contributed by atoms with Crippen molar-refractivity contribution in [3.63, 3.8) is 0 Å². The average Bonchev–Trinajstić information content (AvgIpc) is 2.10. The molecule has 0 aliphatic heterocycles. The number of hydrogen-bond donors (Lipinski definition) is 2. The minimum Gasteiger partial charge on any atom is -0.330 e. The highest BCUT2D eigenvalue weighted by Gasteiger charge is 2.27. The SMILES string of the molecule is CC1C=C(CN)C=CC1(C)CN. The summed E-state index contributed by atoms with van der Waals surface area (Å²) in [6.07, 6.45) is 6.49. The molecule has 0 bridgehead atoms. The first-order valence-electron chi connectivity index (χ1n) is 4.42. The second-order valence-corrected chi connectivity index (χ2v) is 3.78. The molecule has 0 heterocycles. The van der Waals surface area contributed by atoms with Crippen LogP contribution in [0, 0.1) is 11.3 Å². The summed E-state index contributed by atoms with van der Waals surface area (Å²) >= 11 is 0. The van der Waals surface area contributed by atoms with Crippen molar-refractivity contribution in [3.05, 3.63) is 23.8 Å². The van der Waals surface area contributed by atoms with Crippen molar-refractivity contribution in [1.82, 2.24) is 0 Å². The van der Waals surface area contributed by atoms with Crippen molar-refractivity contribution in [2.75, 3.05) is 13.1 Å². The molecule has 0 aromatic carbocycles. The first-order chi connectivity index (χ1) is 5.62. The standard InChI is InChI=1S/C10H18N2/c1-8-5-9(6-11)3-4-10(8,2)7-12/h3-5,8H,6-7,11-12H2,1-2H3. The molecule has 2 heteroatoms. The molecule has 4 N–H and O–H groups in total. The van der Waals surface area contributed by atoms with Crippen LogP contribution < -0.4 is 11.5 Å². The van der Waals surface area contributed by atoms with Crippen molar-refractivity contribution in [3.8, 4) is 0 Å². The van der Waals surface area contributed by atoms with Crippen molar-refractivity contribution in [2.24, 2.45) is 22.8 Å². The van der Waals surface area contributed by atoms with Gasteiger partial charge in [-0.1, -0.05) is 32.1 Å². The predicted molar refractivity (Wildman–Crippen MR) is 52.6 cm³/mol. The van der Waals surface area contributed by atoms with E-state index in [2.05, 4.69) is 32.1 Å². The molecule has 2 atom stereocenters. The van der Waals surface area contributed by atoms with E-state index in [9.17, 15) is 0 Å². The van der Waals surface area contributed by atoms with Crippen LogP contribution in [0.4, 0.5) is 0 Å². The molecule has 2 unspecified atom stereocenters. The molecule has 0 aromatic heterocycles. The zero-order valence-corrected chi connectivity index (χ0v) is 7.88. The Labute approximate surface area is 74.3 Å². The molecule has 0 radical (unpaired) electrons. The van der Waals surface area contributed by atoms with Crippen LogP contribution in [0.1, 0.15) is 13.8 Å². The molecular formula is C10H18N2. The minimum absolute atomic E-state index is 0.124. The van der Waals surface area contributed by atoms with E-state index in [0.717, 1.165) is 0 Å². The molecule has 0 saturated carbocycles. The van der Waals surface area contributed by atoms with Crippen molar-refractivity contribution in [1.29, 1.82) is 0 Å². The average molecular weight is 166 g/mol. The maximum atomic E-state index is 5.70. The van der Waals surface area contributed by atoms with Crippen molar-refractivity contribution in [2.45, 2.75) is 13.8 Å².